The highest BCUT2D eigenvalue weighted by Crippen LogP contribution is 2.33. The summed E-state index contributed by atoms with van der Waals surface area (Å²) >= 11 is 0. The van der Waals surface area contributed by atoms with Crippen LogP contribution in [0.4, 0.5) is 22.4 Å². The minimum Gasteiger partial charge on any atom is -0.356 e. The Balaban J connectivity index is 1.08. The monoisotopic (exact) mass is 582 g/mol. The molecule has 6 rings (SSSR count). The van der Waals surface area contributed by atoms with E-state index in [0.717, 1.165) is 56.6 Å². The lowest BCUT2D eigenvalue weighted by molar-refractivity contribution is -0.172. The highest BCUT2D eigenvalue weighted by molar-refractivity contribution is 6.08. The van der Waals surface area contributed by atoms with Crippen LogP contribution in [0.15, 0.2) is 6.07 Å². The van der Waals surface area contributed by atoms with Crippen LogP contribution in [0.25, 0.3) is 0 Å². The standard InChI is InChI=1S/C30H46N8O4/c1-30(2,3)42-26-25(39)21(22-9-8-14-38(22)27(26)40)20-31-29(41)37-17-15-35(16-18-37)24-19-23(34-10-4-5-11-34)32-28(33-24)36-12-6-7-13-36/h19,21-22,26H,4-18,20H2,1-3H3,(H,31,41)/t21-,22-,26-/m0/s1. The van der Waals surface area contributed by atoms with Crippen LogP contribution in [0, 0.1) is 5.92 Å². The lowest BCUT2D eigenvalue weighted by Crippen LogP contribution is -2.62. The molecular weight excluding hydrogens is 536 g/mol. The number of nitrogens with zero attached hydrogens (tertiary/aromatic N) is 7. The number of ketones is 1. The fourth-order valence-corrected chi connectivity index (χ4v) is 7.03. The molecule has 0 radical (unpaired) electrons. The van der Waals surface area contributed by atoms with Gasteiger partial charge in [-0.3, -0.25) is 9.59 Å². The third-order valence-corrected chi connectivity index (χ3v) is 9.24. The van der Waals surface area contributed by atoms with Gasteiger partial charge in [0.15, 0.2) is 11.9 Å². The Morgan fingerprint density at radius 3 is 2.07 bits per heavy atom. The van der Waals surface area contributed by atoms with Crippen LogP contribution in [-0.4, -0.2) is 121 Å². The second kappa shape index (κ2) is 11.9. The Labute approximate surface area is 248 Å². The molecule has 5 fully saturated rings. The molecule has 0 aliphatic carbocycles. The summed E-state index contributed by atoms with van der Waals surface area (Å²) in [6.45, 7) is 12.9. The molecule has 3 amide bonds. The number of rotatable bonds is 6. The SMILES string of the molecule is CC(C)(C)O[C@H]1C(=O)[C@@H](CNC(=O)N2CCN(c3cc(N4CCCC4)nc(N4CCCC4)n3)CC2)[C@@H]2CCCN2C1=O. The first-order valence-electron chi connectivity index (χ1n) is 15.9. The first-order valence-corrected chi connectivity index (χ1v) is 15.9. The normalized spacial score (nSPS) is 26.8. The van der Waals surface area contributed by atoms with Gasteiger partial charge in [0.05, 0.1) is 11.5 Å². The predicted molar refractivity (Wildman–Crippen MR) is 160 cm³/mol. The molecule has 1 N–H and O–H groups in total. The Hall–Kier alpha value is -3.15. The summed E-state index contributed by atoms with van der Waals surface area (Å²) in [5.74, 6) is 1.84. The van der Waals surface area contributed by atoms with E-state index in [1.165, 1.54) is 25.7 Å². The zero-order valence-corrected chi connectivity index (χ0v) is 25.4. The minimum atomic E-state index is -1.10. The molecule has 12 nitrogen and oxygen atoms in total. The molecule has 5 saturated heterocycles. The van der Waals surface area contributed by atoms with Gasteiger partial charge < -0.3 is 34.6 Å². The average Bonchev–Trinajstić information content (AvgIpc) is 3.78. The fourth-order valence-electron chi connectivity index (χ4n) is 7.03. The van der Waals surface area contributed by atoms with Gasteiger partial charge in [-0.2, -0.15) is 9.97 Å². The Kier molecular flexibility index (Phi) is 8.17. The average molecular weight is 583 g/mol. The van der Waals surface area contributed by atoms with Crippen molar-refractivity contribution < 1.29 is 19.1 Å². The van der Waals surface area contributed by atoms with E-state index in [4.69, 9.17) is 14.7 Å². The summed E-state index contributed by atoms with van der Waals surface area (Å²) in [5, 5.41) is 3.03. The number of urea groups is 1. The molecule has 12 heteroatoms. The maximum absolute atomic E-state index is 13.4. The maximum atomic E-state index is 13.4. The van der Waals surface area contributed by atoms with E-state index in [0.29, 0.717) is 32.7 Å². The summed E-state index contributed by atoms with van der Waals surface area (Å²) in [7, 11) is 0. The van der Waals surface area contributed by atoms with Gasteiger partial charge in [0.1, 0.15) is 11.6 Å². The molecule has 0 aromatic carbocycles. The summed E-state index contributed by atoms with van der Waals surface area (Å²) in [4.78, 5) is 60.1. The third kappa shape index (κ3) is 6.00. The molecule has 3 atom stereocenters. The van der Waals surface area contributed by atoms with Crippen LogP contribution < -0.4 is 20.0 Å². The number of carbonyl (C=O) groups is 3. The first-order chi connectivity index (χ1) is 20.2. The highest BCUT2D eigenvalue weighted by atomic mass is 16.5. The number of anilines is 3. The molecule has 5 aliphatic heterocycles. The number of fused-ring (bicyclic) bond motifs is 1. The number of aromatic nitrogens is 2. The van der Waals surface area contributed by atoms with Gasteiger partial charge in [-0.25, -0.2) is 4.79 Å². The van der Waals surface area contributed by atoms with Gasteiger partial charge in [0.2, 0.25) is 5.95 Å². The van der Waals surface area contributed by atoms with Gasteiger partial charge in [-0.15, -0.1) is 0 Å². The van der Waals surface area contributed by atoms with Crippen molar-refractivity contribution in [1.29, 1.82) is 0 Å². The fraction of sp³-hybridized carbons (Fsp3) is 0.767. The van der Waals surface area contributed by atoms with Crippen LogP contribution in [0.1, 0.15) is 59.3 Å². The molecule has 0 bridgehead atoms. The number of hydrogen-bond donors (Lipinski definition) is 1. The van der Waals surface area contributed by atoms with Gasteiger partial charge >= 0.3 is 6.03 Å². The van der Waals surface area contributed by atoms with Gasteiger partial charge in [0.25, 0.3) is 5.91 Å². The second-order valence-corrected chi connectivity index (χ2v) is 13.3. The lowest BCUT2D eigenvalue weighted by atomic mass is 9.85. The van der Waals surface area contributed by atoms with Crippen molar-refractivity contribution in [3.05, 3.63) is 6.07 Å². The lowest BCUT2D eigenvalue weighted by Gasteiger charge is -2.41. The van der Waals surface area contributed by atoms with E-state index < -0.39 is 17.6 Å². The smallest absolute Gasteiger partial charge is 0.317 e. The predicted octanol–water partition coefficient (Wildman–Crippen LogP) is 1.88. The molecule has 5 aliphatic rings. The molecule has 230 valence electrons. The first kappa shape index (κ1) is 28.9. The molecule has 0 spiro atoms. The van der Waals surface area contributed by atoms with Crippen LogP contribution in [0.3, 0.4) is 0 Å². The van der Waals surface area contributed by atoms with Crippen molar-refractivity contribution in [3.63, 3.8) is 0 Å². The molecule has 0 saturated carbocycles. The summed E-state index contributed by atoms with van der Waals surface area (Å²) in [5.41, 5.74) is -0.621. The number of hydrogen-bond acceptors (Lipinski definition) is 9. The van der Waals surface area contributed by atoms with Crippen LogP contribution in [0.5, 0.6) is 0 Å². The van der Waals surface area contributed by atoms with E-state index >= 15 is 0 Å². The van der Waals surface area contributed by atoms with Crippen molar-refractivity contribution in [1.82, 2.24) is 25.1 Å². The van der Waals surface area contributed by atoms with Crippen molar-refractivity contribution in [2.24, 2.45) is 5.92 Å². The minimum absolute atomic E-state index is 0.171. The summed E-state index contributed by atoms with van der Waals surface area (Å²) in [6, 6.07) is 1.77. The van der Waals surface area contributed by atoms with E-state index in [-0.39, 0.29) is 30.3 Å². The van der Waals surface area contributed by atoms with Gasteiger partial charge in [-0.05, 0) is 59.3 Å². The van der Waals surface area contributed by atoms with Crippen molar-refractivity contribution in [2.75, 3.05) is 80.1 Å². The Morgan fingerprint density at radius 2 is 1.45 bits per heavy atom. The number of piperidine rings is 1. The van der Waals surface area contributed by atoms with Crippen molar-refractivity contribution >= 4 is 35.3 Å². The molecule has 6 heterocycles. The summed E-state index contributed by atoms with van der Waals surface area (Å²) in [6.07, 6.45) is 5.26. The molecule has 0 unspecified atom stereocenters. The molecular formula is C30H46N8O4. The zero-order valence-electron chi connectivity index (χ0n) is 25.4. The summed E-state index contributed by atoms with van der Waals surface area (Å²) < 4.78 is 5.91. The number of piperazine rings is 1. The van der Waals surface area contributed by atoms with Crippen LogP contribution in [0.2, 0.25) is 0 Å². The van der Waals surface area contributed by atoms with Crippen molar-refractivity contribution in [3.8, 4) is 0 Å². The Bertz CT molecular complexity index is 1130. The highest BCUT2D eigenvalue weighted by Gasteiger charge is 2.51. The van der Waals surface area contributed by atoms with Gasteiger partial charge in [0, 0.05) is 77.6 Å². The van der Waals surface area contributed by atoms with Gasteiger partial charge in [-0.1, -0.05) is 0 Å². The molecule has 42 heavy (non-hydrogen) atoms. The number of ether oxygens (including phenoxy) is 1. The van der Waals surface area contributed by atoms with Crippen molar-refractivity contribution in [2.45, 2.75) is 77.0 Å². The van der Waals surface area contributed by atoms with E-state index in [9.17, 15) is 14.4 Å². The number of carbonyl (C=O) groups excluding carboxylic acids is 3. The number of amides is 3. The van der Waals surface area contributed by atoms with E-state index in [1.54, 1.807) is 4.90 Å². The number of Topliss-reactive ketones (excluding diaryl/α,β-unsaturated/α-hetero) is 1. The number of nitrogens with one attached hydrogen (secondary N) is 1. The quantitative estimate of drug-likeness (QED) is 0.502. The molecule has 1 aromatic rings. The zero-order chi connectivity index (χ0) is 29.4. The van der Waals surface area contributed by atoms with E-state index in [2.05, 4.69) is 26.1 Å². The third-order valence-electron chi connectivity index (χ3n) is 9.24. The second-order valence-electron chi connectivity index (χ2n) is 13.3. The largest absolute Gasteiger partial charge is 0.356 e. The molecule has 1 aromatic heterocycles. The van der Waals surface area contributed by atoms with Crippen LogP contribution in [-0.2, 0) is 14.3 Å². The van der Waals surface area contributed by atoms with E-state index in [1.807, 2.05) is 25.7 Å². The maximum Gasteiger partial charge on any atom is 0.317 e. The topological polar surface area (TPSA) is 114 Å². The Morgan fingerprint density at radius 1 is 0.857 bits per heavy atom. The van der Waals surface area contributed by atoms with Crippen LogP contribution >= 0.6 is 0 Å².